The molecular formula is C20H26N6O2. The molecule has 0 saturated carbocycles. The highest BCUT2D eigenvalue weighted by Gasteiger charge is 2.22. The summed E-state index contributed by atoms with van der Waals surface area (Å²) in [6, 6.07) is 7.73. The van der Waals surface area contributed by atoms with Crippen LogP contribution in [0.25, 0.3) is 5.65 Å². The number of nitrogens with zero attached hydrogens (tertiary/aromatic N) is 6. The van der Waals surface area contributed by atoms with Crippen molar-refractivity contribution in [2.45, 2.75) is 13.8 Å². The molecule has 4 rings (SSSR count). The van der Waals surface area contributed by atoms with Crippen LogP contribution in [-0.2, 0) is 0 Å². The molecule has 1 fully saturated rings. The lowest BCUT2D eigenvalue weighted by molar-refractivity contribution is 0.200. The minimum atomic E-state index is 0.662. The summed E-state index contributed by atoms with van der Waals surface area (Å²) in [5, 5.41) is 12.8. The van der Waals surface area contributed by atoms with Crippen LogP contribution in [0.5, 0.6) is 11.5 Å². The highest BCUT2D eigenvalue weighted by molar-refractivity contribution is 5.72. The average Bonchev–Trinajstić information content (AvgIpc) is 3.17. The van der Waals surface area contributed by atoms with E-state index >= 15 is 0 Å². The van der Waals surface area contributed by atoms with E-state index in [1.54, 1.807) is 18.0 Å². The fraction of sp³-hybridized carbons (Fsp3) is 0.450. The number of rotatable bonds is 6. The third-order valence-corrected chi connectivity index (χ3v) is 5.30. The maximum absolute atomic E-state index is 5.88. The fourth-order valence-corrected chi connectivity index (χ4v) is 3.59. The highest BCUT2D eigenvalue weighted by atomic mass is 16.5. The molecule has 8 heteroatoms. The van der Waals surface area contributed by atoms with Gasteiger partial charge in [0.25, 0.3) is 0 Å². The molecule has 0 bridgehead atoms. The van der Waals surface area contributed by atoms with Gasteiger partial charge in [-0.2, -0.15) is 9.61 Å². The quantitative estimate of drug-likeness (QED) is 0.645. The third kappa shape index (κ3) is 3.73. The lowest BCUT2D eigenvalue weighted by atomic mass is 10.1. The average molecular weight is 382 g/mol. The van der Waals surface area contributed by atoms with Gasteiger partial charge in [-0.15, -0.1) is 10.2 Å². The topological polar surface area (TPSA) is 68.0 Å². The number of hydrogen-bond donors (Lipinski definition) is 0. The van der Waals surface area contributed by atoms with Crippen molar-refractivity contribution in [1.29, 1.82) is 0 Å². The fourth-order valence-electron chi connectivity index (χ4n) is 3.59. The second-order valence-electron chi connectivity index (χ2n) is 7.01. The van der Waals surface area contributed by atoms with E-state index < -0.39 is 0 Å². The molecule has 0 amide bonds. The maximum Gasteiger partial charge on any atom is 0.201 e. The van der Waals surface area contributed by atoms with Gasteiger partial charge in [0.2, 0.25) is 5.65 Å². The summed E-state index contributed by atoms with van der Waals surface area (Å²) in [6.45, 7) is 9.59. The molecule has 2 aromatic heterocycles. The van der Waals surface area contributed by atoms with Gasteiger partial charge in [0.15, 0.2) is 0 Å². The minimum absolute atomic E-state index is 0.662. The summed E-state index contributed by atoms with van der Waals surface area (Å²) in [5.74, 6) is 1.66. The maximum atomic E-state index is 5.88. The smallest absolute Gasteiger partial charge is 0.201 e. The minimum Gasteiger partial charge on any atom is -0.497 e. The molecule has 28 heavy (non-hydrogen) atoms. The second kappa shape index (κ2) is 8.02. The molecule has 0 aliphatic carbocycles. The van der Waals surface area contributed by atoms with E-state index in [-0.39, 0.29) is 0 Å². The molecular weight excluding hydrogens is 356 g/mol. The van der Waals surface area contributed by atoms with Gasteiger partial charge in [-0.3, -0.25) is 4.90 Å². The first-order valence-corrected chi connectivity index (χ1v) is 9.57. The SMILES string of the molecule is COc1cccc(OCCN2CCN(c3c(C)c(C)nn4cnnc34)CC2)c1. The van der Waals surface area contributed by atoms with E-state index in [2.05, 4.69) is 32.0 Å². The Kier molecular flexibility index (Phi) is 5.29. The Hall–Kier alpha value is -2.87. The van der Waals surface area contributed by atoms with Crippen LogP contribution in [0, 0.1) is 13.8 Å². The van der Waals surface area contributed by atoms with Crippen molar-refractivity contribution in [3.63, 3.8) is 0 Å². The Balaban J connectivity index is 1.34. The van der Waals surface area contributed by atoms with Gasteiger partial charge in [0.05, 0.1) is 18.5 Å². The van der Waals surface area contributed by atoms with Gasteiger partial charge in [0.1, 0.15) is 24.4 Å². The Morgan fingerprint density at radius 3 is 2.64 bits per heavy atom. The number of benzene rings is 1. The van der Waals surface area contributed by atoms with Gasteiger partial charge in [0, 0.05) is 38.8 Å². The summed E-state index contributed by atoms with van der Waals surface area (Å²) in [5.41, 5.74) is 4.17. The van der Waals surface area contributed by atoms with Crippen molar-refractivity contribution < 1.29 is 9.47 Å². The number of fused-ring (bicyclic) bond motifs is 1. The van der Waals surface area contributed by atoms with E-state index in [1.807, 2.05) is 31.2 Å². The van der Waals surface area contributed by atoms with E-state index in [0.717, 1.165) is 61.3 Å². The standard InChI is InChI=1S/C20H26N6O2/c1-15-16(2)23-26-14-21-22-20(26)19(15)25-9-7-24(8-10-25)11-12-28-18-6-4-5-17(13-18)27-3/h4-6,13-14H,7-12H2,1-3H3. The van der Waals surface area contributed by atoms with E-state index in [9.17, 15) is 0 Å². The van der Waals surface area contributed by atoms with Crippen LogP contribution in [0.3, 0.4) is 0 Å². The van der Waals surface area contributed by atoms with Crippen molar-refractivity contribution in [1.82, 2.24) is 24.7 Å². The Morgan fingerprint density at radius 1 is 1.07 bits per heavy atom. The summed E-state index contributed by atoms with van der Waals surface area (Å²) >= 11 is 0. The van der Waals surface area contributed by atoms with Gasteiger partial charge in [-0.25, -0.2) is 0 Å². The van der Waals surface area contributed by atoms with E-state index in [0.29, 0.717) is 6.61 Å². The Bertz CT molecular complexity index is 949. The molecule has 0 N–H and O–H groups in total. The molecule has 1 aromatic carbocycles. The zero-order chi connectivity index (χ0) is 19.5. The second-order valence-corrected chi connectivity index (χ2v) is 7.01. The molecule has 0 unspecified atom stereocenters. The molecule has 3 aromatic rings. The summed E-state index contributed by atoms with van der Waals surface area (Å²) < 4.78 is 12.9. The predicted octanol–water partition coefficient (Wildman–Crippen LogP) is 1.95. The number of aromatic nitrogens is 4. The Labute approximate surface area is 164 Å². The summed E-state index contributed by atoms with van der Waals surface area (Å²) in [7, 11) is 1.66. The van der Waals surface area contributed by atoms with Crippen molar-refractivity contribution >= 4 is 11.3 Å². The molecule has 0 spiro atoms. The predicted molar refractivity (Wildman–Crippen MR) is 107 cm³/mol. The molecule has 148 valence electrons. The summed E-state index contributed by atoms with van der Waals surface area (Å²) in [6.07, 6.45) is 1.66. The normalized spacial score (nSPS) is 15.2. The monoisotopic (exact) mass is 382 g/mol. The van der Waals surface area contributed by atoms with Gasteiger partial charge >= 0.3 is 0 Å². The largest absolute Gasteiger partial charge is 0.497 e. The van der Waals surface area contributed by atoms with Gasteiger partial charge in [-0.1, -0.05) is 6.07 Å². The first kappa shape index (κ1) is 18.5. The molecule has 1 aliphatic heterocycles. The van der Waals surface area contributed by atoms with Gasteiger partial charge in [-0.05, 0) is 31.5 Å². The highest BCUT2D eigenvalue weighted by Crippen LogP contribution is 2.27. The first-order chi connectivity index (χ1) is 13.7. The number of methoxy groups -OCH3 is 1. The molecule has 1 aliphatic rings. The number of anilines is 1. The molecule has 0 atom stereocenters. The summed E-state index contributed by atoms with van der Waals surface area (Å²) in [4.78, 5) is 4.83. The lowest BCUT2D eigenvalue weighted by Crippen LogP contribution is -2.48. The van der Waals surface area contributed by atoms with Crippen LogP contribution in [-0.4, -0.2) is 71.2 Å². The molecule has 8 nitrogen and oxygen atoms in total. The third-order valence-electron chi connectivity index (χ3n) is 5.30. The number of aryl methyl sites for hydroxylation is 1. The number of ether oxygens (including phenoxy) is 2. The zero-order valence-corrected chi connectivity index (χ0v) is 16.6. The van der Waals surface area contributed by atoms with Crippen LogP contribution >= 0.6 is 0 Å². The van der Waals surface area contributed by atoms with Crippen LogP contribution < -0.4 is 14.4 Å². The van der Waals surface area contributed by atoms with Crippen LogP contribution in [0.15, 0.2) is 30.6 Å². The van der Waals surface area contributed by atoms with Crippen LogP contribution in [0.1, 0.15) is 11.3 Å². The molecule has 0 radical (unpaired) electrons. The molecule has 3 heterocycles. The molecule has 1 saturated heterocycles. The van der Waals surface area contributed by atoms with E-state index in [4.69, 9.17) is 9.47 Å². The van der Waals surface area contributed by atoms with Crippen molar-refractivity contribution in [3.8, 4) is 11.5 Å². The van der Waals surface area contributed by atoms with Crippen molar-refractivity contribution in [2.75, 3.05) is 51.3 Å². The number of piperazine rings is 1. The Morgan fingerprint density at radius 2 is 1.86 bits per heavy atom. The van der Waals surface area contributed by atoms with Gasteiger partial charge < -0.3 is 14.4 Å². The van der Waals surface area contributed by atoms with Crippen molar-refractivity contribution in [2.24, 2.45) is 0 Å². The number of hydrogen-bond acceptors (Lipinski definition) is 7. The van der Waals surface area contributed by atoms with E-state index in [1.165, 1.54) is 5.56 Å². The lowest BCUT2D eigenvalue weighted by Gasteiger charge is -2.36. The zero-order valence-electron chi connectivity index (χ0n) is 16.6. The van der Waals surface area contributed by atoms with Crippen LogP contribution in [0.4, 0.5) is 5.69 Å². The van der Waals surface area contributed by atoms with Crippen LogP contribution in [0.2, 0.25) is 0 Å². The van der Waals surface area contributed by atoms with Crippen molar-refractivity contribution in [3.05, 3.63) is 41.9 Å². The first-order valence-electron chi connectivity index (χ1n) is 9.57.